The molecule has 0 N–H and O–H groups in total. The van der Waals surface area contributed by atoms with E-state index in [9.17, 15) is 9.18 Å². The van der Waals surface area contributed by atoms with Crippen molar-refractivity contribution in [3.63, 3.8) is 0 Å². The van der Waals surface area contributed by atoms with Gasteiger partial charge in [0.1, 0.15) is 11.9 Å². The van der Waals surface area contributed by atoms with Crippen LogP contribution in [0.5, 0.6) is 0 Å². The standard InChI is InChI=1S/C16H21FO2/c1-2-19-16(12-8-4-3-5-9-12)15(18)13-10-6-7-11-14(13)17/h6-7,10-12,16H,2-5,8-9H2,1H3. The van der Waals surface area contributed by atoms with E-state index in [0.29, 0.717) is 6.61 Å². The van der Waals surface area contributed by atoms with Crippen LogP contribution < -0.4 is 0 Å². The van der Waals surface area contributed by atoms with E-state index in [-0.39, 0.29) is 17.3 Å². The Kier molecular flexibility index (Phi) is 5.08. The van der Waals surface area contributed by atoms with E-state index < -0.39 is 11.9 Å². The summed E-state index contributed by atoms with van der Waals surface area (Å²) < 4.78 is 19.4. The summed E-state index contributed by atoms with van der Waals surface area (Å²) in [5.74, 6) is -0.416. The van der Waals surface area contributed by atoms with Crippen LogP contribution in [0.2, 0.25) is 0 Å². The maximum absolute atomic E-state index is 13.7. The summed E-state index contributed by atoms with van der Waals surface area (Å²) in [7, 11) is 0. The van der Waals surface area contributed by atoms with E-state index in [1.54, 1.807) is 18.2 Å². The van der Waals surface area contributed by atoms with Gasteiger partial charge >= 0.3 is 0 Å². The number of Topliss-reactive ketones (excluding diaryl/α,β-unsaturated/α-hetero) is 1. The summed E-state index contributed by atoms with van der Waals surface area (Å²) in [6, 6.07) is 6.17. The highest BCUT2D eigenvalue weighted by atomic mass is 19.1. The third-order valence-corrected chi connectivity index (χ3v) is 3.82. The fourth-order valence-electron chi connectivity index (χ4n) is 2.86. The number of ketones is 1. The van der Waals surface area contributed by atoms with Crippen LogP contribution in [0.4, 0.5) is 4.39 Å². The normalized spacial score (nSPS) is 18.2. The maximum Gasteiger partial charge on any atom is 0.194 e. The van der Waals surface area contributed by atoms with Gasteiger partial charge < -0.3 is 4.74 Å². The van der Waals surface area contributed by atoms with E-state index in [0.717, 1.165) is 25.7 Å². The van der Waals surface area contributed by atoms with Crippen molar-refractivity contribution in [1.29, 1.82) is 0 Å². The molecule has 0 heterocycles. The Morgan fingerprint density at radius 2 is 2.00 bits per heavy atom. The van der Waals surface area contributed by atoms with Crippen molar-refractivity contribution in [2.45, 2.75) is 45.1 Å². The molecule has 19 heavy (non-hydrogen) atoms. The van der Waals surface area contributed by atoms with Gasteiger partial charge in [-0.3, -0.25) is 4.79 Å². The Morgan fingerprint density at radius 1 is 1.32 bits per heavy atom. The first-order valence-electron chi connectivity index (χ1n) is 7.14. The van der Waals surface area contributed by atoms with Gasteiger partial charge in [-0.2, -0.15) is 0 Å². The fourth-order valence-corrected chi connectivity index (χ4v) is 2.86. The first kappa shape index (κ1) is 14.2. The molecule has 0 saturated heterocycles. The summed E-state index contributed by atoms with van der Waals surface area (Å²) in [6.45, 7) is 2.37. The van der Waals surface area contributed by atoms with Crippen molar-refractivity contribution >= 4 is 5.78 Å². The van der Waals surface area contributed by atoms with Crippen LogP contribution in [0.3, 0.4) is 0 Å². The maximum atomic E-state index is 13.7. The molecule has 0 radical (unpaired) electrons. The van der Waals surface area contributed by atoms with Gasteiger partial charge in [-0.25, -0.2) is 4.39 Å². The van der Waals surface area contributed by atoms with E-state index in [1.807, 2.05) is 6.92 Å². The minimum Gasteiger partial charge on any atom is -0.370 e. The van der Waals surface area contributed by atoms with Crippen molar-refractivity contribution in [2.75, 3.05) is 6.61 Å². The number of halogens is 1. The lowest BCUT2D eigenvalue weighted by atomic mass is 9.82. The average Bonchev–Trinajstić information content (AvgIpc) is 2.45. The quantitative estimate of drug-likeness (QED) is 0.751. The highest BCUT2D eigenvalue weighted by Crippen LogP contribution is 2.30. The van der Waals surface area contributed by atoms with Gasteiger partial charge in [-0.15, -0.1) is 0 Å². The second kappa shape index (κ2) is 6.80. The predicted molar refractivity (Wildman–Crippen MR) is 72.7 cm³/mol. The van der Waals surface area contributed by atoms with Gasteiger partial charge in [0.15, 0.2) is 5.78 Å². The Hall–Kier alpha value is -1.22. The van der Waals surface area contributed by atoms with Gasteiger partial charge in [0.05, 0.1) is 5.56 Å². The van der Waals surface area contributed by atoms with Crippen molar-refractivity contribution in [1.82, 2.24) is 0 Å². The van der Waals surface area contributed by atoms with Crippen LogP contribution in [-0.4, -0.2) is 18.5 Å². The first-order chi connectivity index (χ1) is 9.24. The highest BCUT2D eigenvalue weighted by molar-refractivity contribution is 5.99. The largest absolute Gasteiger partial charge is 0.370 e. The number of carbonyl (C=O) groups is 1. The van der Waals surface area contributed by atoms with Crippen molar-refractivity contribution in [3.05, 3.63) is 35.6 Å². The van der Waals surface area contributed by atoms with Crippen molar-refractivity contribution in [3.8, 4) is 0 Å². The van der Waals surface area contributed by atoms with Gasteiger partial charge in [0.2, 0.25) is 0 Å². The molecule has 1 aliphatic carbocycles. The smallest absolute Gasteiger partial charge is 0.194 e. The summed E-state index contributed by atoms with van der Waals surface area (Å²) >= 11 is 0. The van der Waals surface area contributed by atoms with Gasteiger partial charge in [-0.1, -0.05) is 31.4 Å². The topological polar surface area (TPSA) is 26.3 Å². The average molecular weight is 264 g/mol. The highest BCUT2D eigenvalue weighted by Gasteiger charge is 2.31. The summed E-state index contributed by atoms with van der Waals surface area (Å²) in [5, 5.41) is 0. The molecule has 0 aliphatic heterocycles. The summed E-state index contributed by atoms with van der Waals surface area (Å²) in [4.78, 5) is 12.5. The lowest BCUT2D eigenvalue weighted by Crippen LogP contribution is -2.34. The Labute approximate surface area is 114 Å². The third kappa shape index (κ3) is 3.41. The van der Waals surface area contributed by atoms with Crippen LogP contribution in [0.1, 0.15) is 49.4 Å². The zero-order valence-corrected chi connectivity index (χ0v) is 11.4. The monoisotopic (exact) mass is 264 g/mol. The van der Waals surface area contributed by atoms with Gasteiger partial charge in [-0.05, 0) is 37.8 Å². The summed E-state index contributed by atoms with van der Waals surface area (Å²) in [6.07, 6.45) is 5.03. The SMILES string of the molecule is CCOC(C(=O)c1ccccc1F)C1CCCCC1. The molecule has 1 unspecified atom stereocenters. The molecule has 1 saturated carbocycles. The Balaban J connectivity index is 2.18. The number of hydrogen-bond acceptors (Lipinski definition) is 2. The van der Waals surface area contributed by atoms with Crippen LogP contribution in [0, 0.1) is 11.7 Å². The number of ether oxygens (including phenoxy) is 1. The first-order valence-corrected chi connectivity index (χ1v) is 7.14. The molecule has 3 heteroatoms. The second-order valence-corrected chi connectivity index (χ2v) is 5.12. The lowest BCUT2D eigenvalue weighted by Gasteiger charge is -2.29. The molecule has 1 fully saturated rings. The van der Waals surface area contributed by atoms with Crippen molar-refractivity contribution in [2.24, 2.45) is 5.92 Å². The minimum absolute atomic E-state index is 0.159. The number of carbonyl (C=O) groups excluding carboxylic acids is 1. The Morgan fingerprint density at radius 3 is 2.63 bits per heavy atom. The minimum atomic E-state index is -0.484. The second-order valence-electron chi connectivity index (χ2n) is 5.12. The van der Waals surface area contributed by atoms with E-state index in [1.165, 1.54) is 12.5 Å². The fraction of sp³-hybridized carbons (Fsp3) is 0.562. The van der Waals surface area contributed by atoms with Gasteiger partial charge in [0, 0.05) is 6.61 Å². The Bertz CT molecular complexity index is 425. The molecular weight excluding hydrogens is 243 g/mol. The molecule has 2 nitrogen and oxygen atoms in total. The van der Waals surface area contributed by atoms with Crippen LogP contribution >= 0.6 is 0 Å². The molecule has 1 atom stereocenters. The molecule has 1 aliphatic rings. The molecular formula is C16H21FO2. The van der Waals surface area contributed by atoms with Crippen LogP contribution in [-0.2, 0) is 4.74 Å². The molecule has 2 rings (SSSR count). The lowest BCUT2D eigenvalue weighted by molar-refractivity contribution is 0.0124. The molecule has 0 bridgehead atoms. The molecule has 104 valence electrons. The molecule has 0 aromatic heterocycles. The van der Waals surface area contributed by atoms with E-state index >= 15 is 0 Å². The molecule has 1 aromatic carbocycles. The van der Waals surface area contributed by atoms with Crippen LogP contribution in [0.15, 0.2) is 24.3 Å². The third-order valence-electron chi connectivity index (χ3n) is 3.82. The molecule has 1 aromatic rings. The molecule has 0 spiro atoms. The summed E-state index contributed by atoms with van der Waals surface area (Å²) in [5.41, 5.74) is 0.159. The van der Waals surface area contributed by atoms with Gasteiger partial charge in [0.25, 0.3) is 0 Å². The van der Waals surface area contributed by atoms with Crippen LogP contribution in [0.25, 0.3) is 0 Å². The number of rotatable bonds is 5. The zero-order valence-electron chi connectivity index (χ0n) is 11.4. The number of benzene rings is 1. The predicted octanol–water partition coefficient (Wildman–Crippen LogP) is 3.99. The zero-order chi connectivity index (χ0) is 13.7. The van der Waals surface area contributed by atoms with E-state index in [2.05, 4.69) is 0 Å². The molecule has 0 amide bonds. The number of hydrogen-bond donors (Lipinski definition) is 0. The van der Waals surface area contributed by atoms with Crippen molar-refractivity contribution < 1.29 is 13.9 Å². The van der Waals surface area contributed by atoms with E-state index in [4.69, 9.17) is 4.74 Å².